The molecular weight excluding hydrogens is 222 g/mol. The minimum Gasteiger partial charge on any atom is -0.378 e. The van der Waals surface area contributed by atoms with Crippen molar-refractivity contribution in [3.63, 3.8) is 0 Å². The van der Waals surface area contributed by atoms with Gasteiger partial charge in [-0.3, -0.25) is 9.59 Å². The van der Waals surface area contributed by atoms with Crippen LogP contribution in [0, 0.1) is 0 Å². The Morgan fingerprint density at radius 3 is 2.53 bits per heavy atom. The summed E-state index contributed by atoms with van der Waals surface area (Å²) < 4.78 is 5.17. The molecule has 1 rings (SSSR count). The summed E-state index contributed by atoms with van der Waals surface area (Å²) in [6, 6.07) is 0. The van der Waals surface area contributed by atoms with E-state index in [2.05, 4.69) is 10.6 Å². The number of morpholine rings is 1. The summed E-state index contributed by atoms with van der Waals surface area (Å²) in [4.78, 5) is 24.7. The molecule has 6 heteroatoms. The van der Waals surface area contributed by atoms with Gasteiger partial charge in [0.05, 0.1) is 13.2 Å². The minimum atomic E-state index is -0.0193. The Morgan fingerprint density at radius 2 is 1.88 bits per heavy atom. The van der Waals surface area contributed by atoms with E-state index in [1.54, 1.807) is 11.9 Å². The molecule has 17 heavy (non-hydrogen) atoms. The molecule has 2 N–H and O–H groups in total. The average Bonchev–Trinajstić information content (AvgIpc) is 2.37. The Labute approximate surface area is 102 Å². The molecule has 0 aliphatic carbocycles. The maximum Gasteiger partial charge on any atom is 0.224 e. The van der Waals surface area contributed by atoms with Crippen LogP contribution in [0.25, 0.3) is 0 Å². The van der Waals surface area contributed by atoms with Crippen LogP contribution in [-0.4, -0.2) is 63.2 Å². The second kappa shape index (κ2) is 8.03. The molecule has 0 aromatic carbocycles. The number of hydrogen-bond donors (Lipinski definition) is 2. The molecule has 0 bridgehead atoms. The zero-order valence-corrected chi connectivity index (χ0v) is 10.3. The van der Waals surface area contributed by atoms with Gasteiger partial charge in [0.1, 0.15) is 0 Å². The van der Waals surface area contributed by atoms with E-state index in [1.807, 2.05) is 0 Å². The van der Waals surface area contributed by atoms with E-state index in [1.165, 1.54) is 0 Å². The van der Waals surface area contributed by atoms with E-state index >= 15 is 0 Å². The molecule has 6 nitrogen and oxygen atoms in total. The van der Waals surface area contributed by atoms with Gasteiger partial charge in [0.25, 0.3) is 0 Å². The van der Waals surface area contributed by atoms with Crippen molar-refractivity contribution < 1.29 is 14.3 Å². The zero-order chi connectivity index (χ0) is 12.5. The van der Waals surface area contributed by atoms with Gasteiger partial charge in [-0.25, -0.2) is 0 Å². The fourth-order valence-electron chi connectivity index (χ4n) is 1.61. The number of nitrogens with zero attached hydrogens (tertiary/aromatic N) is 1. The first-order valence-corrected chi connectivity index (χ1v) is 6.01. The highest BCUT2D eigenvalue weighted by Gasteiger charge is 2.16. The fourth-order valence-corrected chi connectivity index (χ4v) is 1.61. The van der Waals surface area contributed by atoms with Crippen LogP contribution in [0.1, 0.15) is 12.8 Å². The topological polar surface area (TPSA) is 70.7 Å². The summed E-state index contributed by atoms with van der Waals surface area (Å²) in [7, 11) is 1.80. The molecule has 1 aliphatic heterocycles. The van der Waals surface area contributed by atoms with Gasteiger partial charge in [0, 0.05) is 39.0 Å². The summed E-state index contributed by atoms with van der Waals surface area (Å²) in [6.45, 7) is 3.61. The van der Waals surface area contributed by atoms with Crippen molar-refractivity contribution >= 4 is 11.8 Å². The third-order valence-corrected chi connectivity index (χ3v) is 2.63. The summed E-state index contributed by atoms with van der Waals surface area (Å²) >= 11 is 0. The molecule has 1 saturated heterocycles. The largest absolute Gasteiger partial charge is 0.378 e. The van der Waals surface area contributed by atoms with E-state index < -0.39 is 0 Å². The Kier molecular flexibility index (Phi) is 6.57. The van der Waals surface area contributed by atoms with E-state index in [0.717, 1.165) is 0 Å². The lowest BCUT2D eigenvalue weighted by atomic mass is 10.3. The lowest BCUT2D eigenvalue weighted by Crippen LogP contribution is -2.42. The predicted octanol–water partition coefficient (Wildman–Crippen LogP) is -1.04. The molecule has 98 valence electrons. The molecule has 0 radical (unpaired) electrons. The SMILES string of the molecule is CNCCC(=O)NCCC(=O)N1CCOCC1. The second-order valence-electron chi connectivity index (χ2n) is 3.95. The van der Waals surface area contributed by atoms with Crippen LogP contribution in [0.4, 0.5) is 0 Å². The lowest BCUT2D eigenvalue weighted by molar-refractivity contribution is -0.135. The maximum atomic E-state index is 11.7. The normalized spacial score (nSPS) is 15.7. The van der Waals surface area contributed by atoms with Gasteiger partial charge in [0.15, 0.2) is 0 Å². The van der Waals surface area contributed by atoms with Crippen LogP contribution in [0.2, 0.25) is 0 Å². The Balaban J connectivity index is 2.08. The van der Waals surface area contributed by atoms with Crippen LogP contribution >= 0.6 is 0 Å². The quantitative estimate of drug-likeness (QED) is 0.625. The standard InChI is InChI=1S/C11H21N3O3/c1-12-4-2-10(15)13-5-3-11(16)14-6-8-17-9-7-14/h12H,2-9H2,1H3,(H,13,15). The van der Waals surface area contributed by atoms with Gasteiger partial charge < -0.3 is 20.3 Å². The third kappa shape index (κ3) is 5.65. The number of carbonyl (C=O) groups excluding carboxylic acids is 2. The van der Waals surface area contributed by atoms with Crippen molar-refractivity contribution in [2.45, 2.75) is 12.8 Å². The van der Waals surface area contributed by atoms with Crippen molar-refractivity contribution in [3.05, 3.63) is 0 Å². The number of carbonyl (C=O) groups is 2. The summed E-state index contributed by atoms with van der Waals surface area (Å²) in [5, 5.41) is 5.63. The van der Waals surface area contributed by atoms with Crippen molar-refractivity contribution in [3.8, 4) is 0 Å². The molecule has 1 fully saturated rings. The number of amides is 2. The summed E-state index contributed by atoms with van der Waals surface area (Å²) in [5.74, 6) is 0.0661. The highest BCUT2D eigenvalue weighted by molar-refractivity contribution is 5.79. The Morgan fingerprint density at radius 1 is 1.18 bits per heavy atom. The molecule has 2 amide bonds. The van der Waals surface area contributed by atoms with E-state index in [4.69, 9.17) is 4.74 Å². The van der Waals surface area contributed by atoms with Crippen molar-refractivity contribution in [2.24, 2.45) is 0 Å². The van der Waals surface area contributed by atoms with Crippen LogP contribution < -0.4 is 10.6 Å². The van der Waals surface area contributed by atoms with E-state index in [9.17, 15) is 9.59 Å². The molecule has 0 unspecified atom stereocenters. The highest BCUT2D eigenvalue weighted by Crippen LogP contribution is 1.99. The molecule has 0 atom stereocenters. The van der Waals surface area contributed by atoms with Gasteiger partial charge in [-0.2, -0.15) is 0 Å². The Hall–Kier alpha value is -1.14. The first-order chi connectivity index (χ1) is 8.24. The first-order valence-electron chi connectivity index (χ1n) is 6.01. The van der Waals surface area contributed by atoms with Crippen LogP contribution in [0.5, 0.6) is 0 Å². The van der Waals surface area contributed by atoms with Crippen molar-refractivity contribution in [1.82, 2.24) is 15.5 Å². The Bertz CT molecular complexity index is 252. The van der Waals surface area contributed by atoms with Gasteiger partial charge in [-0.1, -0.05) is 0 Å². The lowest BCUT2D eigenvalue weighted by Gasteiger charge is -2.26. The zero-order valence-electron chi connectivity index (χ0n) is 10.3. The highest BCUT2D eigenvalue weighted by atomic mass is 16.5. The monoisotopic (exact) mass is 243 g/mol. The summed E-state index contributed by atoms with van der Waals surface area (Å²) in [6.07, 6.45) is 0.813. The molecular formula is C11H21N3O3. The molecule has 0 spiro atoms. The van der Waals surface area contributed by atoms with Crippen LogP contribution in [0.15, 0.2) is 0 Å². The van der Waals surface area contributed by atoms with Gasteiger partial charge in [-0.15, -0.1) is 0 Å². The molecule has 0 aromatic heterocycles. The van der Waals surface area contributed by atoms with Crippen molar-refractivity contribution in [2.75, 3.05) is 46.4 Å². The average molecular weight is 243 g/mol. The van der Waals surface area contributed by atoms with Gasteiger partial charge in [0.2, 0.25) is 11.8 Å². The second-order valence-corrected chi connectivity index (χ2v) is 3.95. The van der Waals surface area contributed by atoms with Crippen LogP contribution in [-0.2, 0) is 14.3 Å². The van der Waals surface area contributed by atoms with Gasteiger partial charge >= 0.3 is 0 Å². The number of ether oxygens (including phenoxy) is 1. The third-order valence-electron chi connectivity index (χ3n) is 2.63. The minimum absolute atomic E-state index is 0.0193. The van der Waals surface area contributed by atoms with Gasteiger partial charge in [-0.05, 0) is 7.05 Å². The molecule has 1 heterocycles. The van der Waals surface area contributed by atoms with E-state index in [-0.39, 0.29) is 11.8 Å². The molecule has 0 saturated carbocycles. The molecule has 1 aliphatic rings. The van der Waals surface area contributed by atoms with E-state index in [0.29, 0.717) is 52.2 Å². The predicted molar refractivity (Wildman–Crippen MR) is 63.6 cm³/mol. The number of nitrogens with one attached hydrogen (secondary N) is 2. The summed E-state index contributed by atoms with van der Waals surface area (Å²) in [5.41, 5.74) is 0. The maximum absolute atomic E-state index is 11.7. The first kappa shape index (κ1) is 13.9. The number of rotatable bonds is 6. The van der Waals surface area contributed by atoms with Crippen molar-refractivity contribution in [1.29, 1.82) is 0 Å². The molecule has 0 aromatic rings. The fraction of sp³-hybridized carbons (Fsp3) is 0.818. The smallest absolute Gasteiger partial charge is 0.224 e. The number of hydrogen-bond acceptors (Lipinski definition) is 4. The van der Waals surface area contributed by atoms with Crippen LogP contribution in [0.3, 0.4) is 0 Å².